The lowest BCUT2D eigenvalue weighted by atomic mass is 10.1. The van der Waals surface area contributed by atoms with Gasteiger partial charge in [-0.05, 0) is 59.9 Å². The molecule has 0 fully saturated rings. The van der Waals surface area contributed by atoms with Gasteiger partial charge in [-0.1, -0.05) is 42.5 Å². The van der Waals surface area contributed by atoms with Gasteiger partial charge in [0.05, 0.1) is 0 Å². The SMILES string of the molecule is CNC(CCCc1ccccc1)CSc1ccccc1Br. The van der Waals surface area contributed by atoms with Crippen LogP contribution in [-0.4, -0.2) is 18.8 Å². The molecule has 0 radical (unpaired) electrons. The summed E-state index contributed by atoms with van der Waals surface area (Å²) in [4.78, 5) is 1.32. The van der Waals surface area contributed by atoms with E-state index in [1.54, 1.807) is 0 Å². The van der Waals surface area contributed by atoms with Crippen LogP contribution in [0.3, 0.4) is 0 Å². The molecule has 0 spiro atoms. The minimum atomic E-state index is 0.561. The van der Waals surface area contributed by atoms with Crippen LogP contribution in [0.15, 0.2) is 64.0 Å². The van der Waals surface area contributed by atoms with E-state index in [-0.39, 0.29) is 0 Å². The van der Waals surface area contributed by atoms with Crippen LogP contribution in [0.2, 0.25) is 0 Å². The van der Waals surface area contributed by atoms with Crippen molar-refractivity contribution in [2.24, 2.45) is 0 Å². The van der Waals surface area contributed by atoms with Crippen molar-refractivity contribution in [2.45, 2.75) is 30.2 Å². The largest absolute Gasteiger partial charge is 0.316 e. The normalized spacial score (nSPS) is 12.3. The Kier molecular flexibility index (Phi) is 7.34. The second-order valence-electron chi connectivity index (χ2n) is 5.10. The van der Waals surface area contributed by atoms with E-state index in [4.69, 9.17) is 0 Å². The zero-order valence-corrected chi connectivity index (χ0v) is 14.8. The Labute approximate surface area is 140 Å². The fourth-order valence-corrected chi connectivity index (χ4v) is 3.98. The van der Waals surface area contributed by atoms with Crippen LogP contribution < -0.4 is 5.32 Å². The number of hydrogen-bond acceptors (Lipinski definition) is 2. The number of hydrogen-bond donors (Lipinski definition) is 1. The summed E-state index contributed by atoms with van der Waals surface area (Å²) in [6, 6.07) is 19.7. The van der Waals surface area contributed by atoms with E-state index in [9.17, 15) is 0 Å². The van der Waals surface area contributed by atoms with E-state index < -0.39 is 0 Å². The van der Waals surface area contributed by atoms with E-state index in [1.165, 1.54) is 34.2 Å². The molecule has 0 saturated carbocycles. The van der Waals surface area contributed by atoms with Gasteiger partial charge in [-0.2, -0.15) is 0 Å². The summed E-state index contributed by atoms with van der Waals surface area (Å²) in [5.74, 6) is 1.11. The first-order valence-corrected chi connectivity index (χ1v) is 9.16. The average molecular weight is 364 g/mol. The maximum absolute atomic E-state index is 3.61. The Balaban J connectivity index is 1.74. The Morgan fingerprint density at radius 2 is 1.76 bits per heavy atom. The minimum absolute atomic E-state index is 0.561. The Morgan fingerprint density at radius 1 is 1.05 bits per heavy atom. The van der Waals surface area contributed by atoms with Crippen molar-refractivity contribution in [3.05, 3.63) is 64.6 Å². The second kappa shape index (κ2) is 9.29. The maximum atomic E-state index is 3.61. The molecule has 0 bridgehead atoms. The second-order valence-corrected chi connectivity index (χ2v) is 7.02. The van der Waals surface area contributed by atoms with E-state index in [0.717, 1.165) is 5.75 Å². The third-order valence-electron chi connectivity index (χ3n) is 3.55. The molecule has 1 nitrogen and oxygen atoms in total. The van der Waals surface area contributed by atoms with Crippen molar-refractivity contribution in [2.75, 3.05) is 12.8 Å². The molecule has 0 heterocycles. The zero-order valence-electron chi connectivity index (χ0n) is 12.4. The van der Waals surface area contributed by atoms with Crippen LogP contribution in [0.1, 0.15) is 18.4 Å². The molecule has 0 aliphatic heterocycles. The van der Waals surface area contributed by atoms with Gasteiger partial charge in [0.1, 0.15) is 0 Å². The quantitative estimate of drug-likeness (QED) is 0.650. The monoisotopic (exact) mass is 363 g/mol. The molecule has 1 N–H and O–H groups in total. The summed E-state index contributed by atoms with van der Waals surface area (Å²) in [6.07, 6.45) is 3.60. The smallest absolute Gasteiger partial charge is 0.0311 e. The van der Waals surface area contributed by atoms with Crippen molar-refractivity contribution in [3.63, 3.8) is 0 Å². The van der Waals surface area contributed by atoms with Gasteiger partial charge in [-0.25, -0.2) is 0 Å². The lowest BCUT2D eigenvalue weighted by Gasteiger charge is -2.16. The molecule has 3 heteroatoms. The van der Waals surface area contributed by atoms with Crippen LogP contribution in [0, 0.1) is 0 Å². The summed E-state index contributed by atoms with van der Waals surface area (Å²) in [5.41, 5.74) is 1.44. The van der Waals surface area contributed by atoms with Crippen molar-refractivity contribution in [1.82, 2.24) is 5.32 Å². The third-order valence-corrected chi connectivity index (χ3v) is 5.74. The topological polar surface area (TPSA) is 12.0 Å². The summed E-state index contributed by atoms with van der Waals surface area (Å²) >= 11 is 5.53. The number of benzene rings is 2. The van der Waals surface area contributed by atoms with Gasteiger partial charge in [0.2, 0.25) is 0 Å². The van der Waals surface area contributed by atoms with Crippen LogP contribution in [0.4, 0.5) is 0 Å². The molecule has 0 aromatic heterocycles. The number of thioether (sulfide) groups is 1. The first-order chi connectivity index (χ1) is 10.3. The molecule has 0 aliphatic carbocycles. The predicted molar refractivity (Wildman–Crippen MR) is 97.1 cm³/mol. The summed E-state index contributed by atoms with van der Waals surface area (Å²) < 4.78 is 1.19. The van der Waals surface area contributed by atoms with Crippen molar-refractivity contribution in [3.8, 4) is 0 Å². The molecular formula is C18H22BrNS. The number of aryl methyl sites for hydroxylation is 1. The fourth-order valence-electron chi connectivity index (χ4n) is 2.26. The molecule has 112 valence electrons. The van der Waals surface area contributed by atoms with E-state index in [1.807, 2.05) is 11.8 Å². The van der Waals surface area contributed by atoms with Gasteiger partial charge in [0, 0.05) is 21.2 Å². The highest BCUT2D eigenvalue weighted by Gasteiger charge is 2.08. The van der Waals surface area contributed by atoms with Crippen molar-refractivity contribution in [1.29, 1.82) is 0 Å². The lowest BCUT2D eigenvalue weighted by Crippen LogP contribution is -2.27. The summed E-state index contributed by atoms with van der Waals surface area (Å²) in [5, 5.41) is 3.44. The van der Waals surface area contributed by atoms with Gasteiger partial charge in [-0.15, -0.1) is 11.8 Å². The Morgan fingerprint density at radius 3 is 2.48 bits per heavy atom. The summed E-state index contributed by atoms with van der Waals surface area (Å²) in [7, 11) is 2.06. The molecule has 0 aliphatic rings. The van der Waals surface area contributed by atoms with Gasteiger partial charge >= 0.3 is 0 Å². The molecule has 0 saturated heterocycles. The molecular weight excluding hydrogens is 342 g/mol. The van der Waals surface area contributed by atoms with E-state index in [2.05, 4.69) is 82.9 Å². The molecule has 1 atom stereocenters. The van der Waals surface area contributed by atoms with E-state index in [0.29, 0.717) is 6.04 Å². The van der Waals surface area contributed by atoms with Gasteiger partial charge in [0.15, 0.2) is 0 Å². The number of rotatable bonds is 8. The fraction of sp³-hybridized carbons (Fsp3) is 0.333. The molecule has 1 unspecified atom stereocenters. The first kappa shape index (κ1) is 16.6. The Bertz CT molecular complexity index is 530. The molecule has 2 aromatic rings. The van der Waals surface area contributed by atoms with Crippen molar-refractivity contribution >= 4 is 27.7 Å². The van der Waals surface area contributed by atoms with Crippen LogP contribution in [-0.2, 0) is 6.42 Å². The van der Waals surface area contributed by atoms with Crippen LogP contribution in [0.25, 0.3) is 0 Å². The lowest BCUT2D eigenvalue weighted by molar-refractivity contribution is 0.549. The van der Waals surface area contributed by atoms with Crippen LogP contribution in [0.5, 0.6) is 0 Å². The molecule has 2 aromatic carbocycles. The zero-order chi connectivity index (χ0) is 14.9. The molecule has 2 rings (SSSR count). The highest BCUT2D eigenvalue weighted by molar-refractivity contribution is 9.10. The van der Waals surface area contributed by atoms with Crippen LogP contribution >= 0.6 is 27.7 Å². The van der Waals surface area contributed by atoms with Gasteiger partial charge in [-0.3, -0.25) is 0 Å². The first-order valence-electron chi connectivity index (χ1n) is 7.38. The average Bonchev–Trinajstić information content (AvgIpc) is 2.53. The van der Waals surface area contributed by atoms with Gasteiger partial charge < -0.3 is 5.32 Å². The van der Waals surface area contributed by atoms with Crippen molar-refractivity contribution < 1.29 is 0 Å². The molecule has 0 amide bonds. The standard InChI is InChI=1S/C18H22BrNS/c1-20-16(11-7-10-15-8-3-2-4-9-15)14-21-18-13-6-5-12-17(18)19/h2-6,8-9,12-13,16,20H,7,10-11,14H2,1H3. The Hall–Kier alpha value is -0.770. The predicted octanol–water partition coefficient (Wildman–Crippen LogP) is 5.15. The van der Waals surface area contributed by atoms with Gasteiger partial charge in [0.25, 0.3) is 0 Å². The highest BCUT2D eigenvalue weighted by atomic mass is 79.9. The maximum Gasteiger partial charge on any atom is 0.0311 e. The molecule has 21 heavy (non-hydrogen) atoms. The number of halogens is 1. The minimum Gasteiger partial charge on any atom is -0.316 e. The van der Waals surface area contributed by atoms with E-state index >= 15 is 0 Å². The summed E-state index contributed by atoms with van der Waals surface area (Å²) in [6.45, 7) is 0. The third kappa shape index (κ3) is 5.85. The number of nitrogens with one attached hydrogen (secondary N) is 1. The highest BCUT2D eigenvalue weighted by Crippen LogP contribution is 2.28.